The summed E-state index contributed by atoms with van der Waals surface area (Å²) in [5, 5.41) is 4.82. The first kappa shape index (κ1) is 18.9. The summed E-state index contributed by atoms with van der Waals surface area (Å²) in [4.78, 5) is 15.7. The van der Waals surface area contributed by atoms with Gasteiger partial charge in [-0.25, -0.2) is 4.68 Å². The number of amides is 1. The van der Waals surface area contributed by atoms with Crippen LogP contribution in [0.4, 0.5) is 0 Å². The van der Waals surface area contributed by atoms with E-state index >= 15 is 0 Å². The third kappa shape index (κ3) is 3.60. The summed E-state index contributed by atoms with van der Waals surface area (Å²) in [6, 6.07) is 20.3. The Morgan fingerprint density at radius 2 is 1.83 bits per heavy atom. The molecule has 0 bridgehead atoms. The smallest absolute Gasteiger partial charge is 0.273 e. The maximum absolute atomic E-state index is 13.7. The first-order valence-electron chi connectivity index (χ1n) is 10.9. The topological polar surface area (TPSA) is 47.4 Å². The van der Waals surface area contributed by atoms with Crippen molar-refractivity contribution in [1.29, 1.82) is 0 Å². The van der Waals surface area contributed by atoms with Gasteiger partial charge in [0.2, 0.25) is 0 Å². The molecule has 0 unspecified atom stereocenters. The average molecular weight is 402 g/mol. The Hall–Kier alpha value is -3.08. The summed E-state index contributed by atoms with van der Waals surface area (Å²) in [5.41, 5.74) is 3.81. The number of carbonyl (C=O) groups excluding carboxylic acids is 1. The van der Waals surface area contributed by atoms with Gasteiger partial charge in [-0.3, -0.25) is 4.79 Å². The van der Waals surface area contributed by atoms with Gasteiger partial charge in [0.1, 0.15) is 11.4 Å². The first-order chi connectivity index (χ1) is 14.7. The van der Waals surface area contributed by atoms with Crippen LogP contribution in [0.1, 0.15) is 66.3 Å². The molecular formula is C25H27N3O2. The zero-order valence-corrected chi connectivity index (χ0v) is 17.3. The van der Waals surface area contributed by atoms with Crippen LogP contribution < -0.4 is 4.74 Å². The third-order valence-corrected chi connectivity index (χ3v) is 6.03. The fourth-order valence-electron chi connectivity index (χ4n) is 4.35. The average Bonchev–Trinajstić information content (AvgIpc) is 3.35. The number of ether oxygens (including phenoxy) is 1. The molecule has 1 saturated carbocycles. The van der Waals surface area contributed by atoms with E-state index in [9.17, 15) is 4.79 Å². The number of hydrogen-bond acceptors (Lipinski definition) is 3. The molecule has 2 heterocycles. The molecule has 1 amide bonds. The number of nitrogens with zero attached hydrogens (tertiary/aromatic N) is 3. The van der Waals surface area contributed by atoms with Gasteiger partial charge < -0.3 is 9.64 Å². The second-order valence-corrected chi connectivity index (χ2v) is 8.13. The molecule has 3 aromatic rings. The molecule has 2 aliphatic rings. The highest BCUT2D eigenvalue weighted by molar-refractivity contribution is 5.94. The van der Waals surface area contributed by atoms with Crippen LogP contribution in [0.2, 0.25) is 0 Å². The number of likely N-dealkylation sites (tertiary alicyclic amines) is 1. The number of para-hydroxylation sites is 1. The van der Waals surface area contributed by atoms with E-state index in [0.29, 0.717) is 18.2 Å². The third-order valence-electron chi connectivity index (χ3n) is 6.03. The normalized spacial score (nSPS) is 18.6. The summed E-state index contributed by atoms with van der Waals surface area (Å²) < 4.78 is 7.41. The van der Waals surface area contributed by atoms with Crippen LogP contribution in [0, 0.1) is 0 Å². The monoisotopic (exact) mass is 401 g/mol. The molecule has 5 nitrogen and oxygen atoms in total. The van der Waals surface area contributed by atoms with Gasteiger partial charge in [-0.1, -0.05) is 30.3 Å². The second kappa shape index (κ2) is 7.98. The SMILES string of the molecule is CCOc1ccc([C@@H]2CCCN2C(=O)c2cc(C3CC3)nn2-c2ccccc2)cc1. The predicted octanol–water partition coefficient (Wildman–Crippen LogP) is 5.13. The Morgan fingerprint density at radius 3 is 2.53 bits per heavy atom. The van der Waals surface area contributed by atoms with E-state index in [1.807, 2.05) is 65.0 Å². The van der Waals surface area contributed by atoms with Crippen LogP contribution >= 0.6 is 0 Å². The highest BCUT2D eigenvalue weighted by Crippen LogP contribution is 2.40. The van der Waals surface area contributed by atoms with Gasteiger partial charge in [0.05, 0.1) is 24.0 Å². The number of aromatic nitrogens is 2. The molecule has 1 saturated heterocycles. The lowest BCUT2D eigenvalue weighted by Gasteiger charge is -2.25. The molecule has 0 radical (unpaired) electrons. The summed E-state index contributed by atoms with van der Waals surface area (Å²) >= 11 is 0. The number of hydrogen-bond donors (Lipinski definition) is 0. The summed E-state index contributed by atoms with van der Waals surface area (Å²) in [5.74, 6) is 1.44. The largest absolute Gasteiger partial charge is 0.494 e. The van der Waals surface area contributed by atoms with Crippen molar-refractivity contribution in [1.82, 2.24) is 14.7 Å². The maximum atomic E-state index is 13.7. The number of benzene rings is 2. The molecule has 1 atom stereocenters. The molecule has 1 aliphatic carbocycles. The van der Waals surface area contributed by atoms with E-state index in [-0.39, 0.29) is 11.9 Å². The lowest BCUT2D eigenvalue weighted by Crippen LogP contribution is -2.32. The lowest BCUT2D eigenvalue weighted by atomic mass is 10.0. The fraction of sp³-hybridized carbons (Fsp3) is 0.360. The predicted molar refractivity (Wildman–Crippen MR) is 116 cm³/mol. The Kier molecular flexibility index (Phi) is 5.03. The van der Waals surface area contributed by atoms with Crippen molar-refractivity contribution >= 4 is 5.91 Å². The van der Waals surface area contributed by atoms with Crippen LogP contribution in [0.3, 0.4) is 0 Å². The van der Waals surface area contributed by atoms with Crippen molar-refractivity contribution in [3.8, 4) is 11.4 Å². The molecule has 1 aliphatic heterocycles. The van der Waals surface area contributed by atoms with Gasteiger partial charge in [0.15, 0.2) is 0 Å². The van der Waals surface area contributed by atoms with E-state index < -0.39 is 0 Å². The van der Waals surface area contributed by atoms with Crippen molar-refractivity contribution in [2.24, 2.45) is 0 Å². The molecule has 1 aromatic heterocycles. The summed E-state index contributed by atoms with van der Waals surface area (Å²) in [7, 11) is 0. The van der Waals surface area contributed by atoms with Gasteiger partial charge in [-0.2, -0.15) is 5.10 Å². The Balaban J connectivity index is 1.46. The van der Waals surface area contributed by atoms with E-state index in [1.165, 1.54) is 0 Å². The van der Waals surface area contributed by atoms with E-state index in [2.05, 4.69) is 12.1 Å². The van der Waals surface area contributed by atoms with E-state index in [4.69, 9.17) is 9.84 Å². The lowest BCUT2D eigenvalue weighted by molar-refractivity contribution is 0.0726. The molecule has 5 heteroatoms. The quantitative estimate of drug-likeness (QED) is 0.576. The van der Waals surface area contributed by atoms with E-state index in [1.54, 1.807) is 0 Å². The molecular weight excluding hydrogens is 374 g/mol. The Morgan fingerprint density at radius 1 is 1.07 bits per heavy atom. The number of carbonyl (C=O) groups is 1. The van der Waals surface area contributed by atoms with Gasteiger partial charge in [0, 0.05) is 12.5 Å². The fourth-order valence-corrected chi connectivity index (χ4v) is 4.35. The Bertz CT molecular complexity index is 1020. The molecule has 2 fully saturated rings. The van der Waals surface area contributed by atoms with Gasteiger partial charge in [-0.05, 0) is 68.5 Å². The minimum atomic E-state index is 0.0645. The van der Waals surface area contributed by atoms with Crippen LogP contribution in [0.15, 0.2) is 60.7 Å². The standard InChI is InChI=1S/C25H27N3O2/c1-2-30-21-14-12-19(13-15-21)23-9-6-16-27(23)25(29)24-17-22(18-10-11-18)26-28(24)20-7-4-3-5-8-20/h3-5,7-8,12-15,17-18,23H,2,6,9-11,16H2,1H3/t23-/m0/s1. The van der Waals surface area contributed by atoms with Crippen molar-refractivity contribution in [3.05, 3.63) is 77.6 Å². The first-order valence-corrected chi connectivity index (χ1v) is 10.9. The van der Waals surface area contributed by atoms with Gasteiger partial charge in [0.25, 0.3) is 5.91 Å². The molecule has 2 aromatic carbocycles. The zero-order valence-electron chi connectivity index (χ0n) is 17.3. The minimum Gasteiger partial charge on any atom is -0.494 e. The highest BCUT2D eigenvalue weighted by Gasteiger charge is 2.34. The van der Waals surface area contributed by atoms with Crippen LogP contribution in [0.5, 0.6) is 5.75 Å². The van der Waals surface area contributed by atoms with Crippen LogP contribution in [0.25, 0.3) is 5.69 Å². The molecule has 30 heavy (non-hydrogen) atoms. The Labute approximate surface area is 177 Å². The van der Waals surface area contributed by atoms with Crippen molar-refractivity contribution in [2.45, 2.75) is 44.6 Å². The molecule has 5 rings (SSSR count). The molecule has 0 N–H and O–H groups in total. The van der Waals surface area contributed by atoms with Crippen molar-refractivity contribution < 1.29 is 9.53 Å². The van der Waals surface area contributed by atoms with Crippen molar-refractivity contribution in [3.63, 3.8) is 0 Å². The summed E-state index contributed by atoms with van der Waals surface area (Å²) in [6.45, 7) is 3.41. The zero-order chi connectivity index (χ0) is 20.5. The van der Waals surface area contributed by atoms with Gasteiger partial charge >= 0.3 is 0 Å². The molecule has 154 valence electrons. The minimum absolute atomic E-state index is 0.0645. The van der Waals surface area contributed by atoms with Crippen molar-refractivity contribution in [2.75, 3.05) is 13.2 Å². The van der Waals surface area contributed by atoms with Crippen LogP contribution in [-0.4, -0.2) is 33.7 Å². The van der Waals surface area contributed by atoms with Crippen LogP contribution in [-0.2, 0) is 0 Å². The highest BCUT2D eigenvalue weighted by atomic mass is 16.5. The second-order valence-electron chi connectivity index (χ2n) is 8.13. The number of rotatable bonds is 6. The molecule has 0 spiro atoms. The maximum Gasteiger partial charge on any atom is 0.273 e. The van der Waals surface area contributed by atoms with Gasteiger partial charge in [-0.15, -0.1) is 0 Å². The van der Waals surface area contributed by atoms with E-state index in [0.717, 1.165) is 54.9 Å². The summed E-state index contributed by atoms with van der Waals surface area (Å²) in [6.07, 6.45) is 4.32.